The second-order valence-corrected chi connectivity index (χ2v) is 3.44. The minimum atomic E-state index is -0.800. The van der Waals surface area contributed by atoms with Gasteiger partial charge in [0.2, 0.25) is 0 Å². The number of carbonyl (C=O) groups is 1. The van der Waals surface area contributed by atoms with Crippen LogP contribution in [-0.2, 0) is 14.3 Å². The third-order valence-corrected chi connectivity index (χ3v) is 2.32. The Balaban J connectivity index is 2.52. The molecule has 0 bridgehead atoms. The number of ether oxygens (including phenoxy) is 2. The summed E-state index contributed by atoms with van der Waals surface area (Å²) in [6, 6.07) is 0. The number of aliphatic hydroxyl groups is 1. The van der Waals surface area contributed by atoms with Crippen molar-refractivity contribution in [3.05, 3.63) is 11.6 Å². The van der Waals surface area contributed by atoms with Crippen LogP contribution in [0.3, 0.4) is 0 Å². The summed E-state index contributed by atoms with van der Waals surface area (Å²) in [6.45, 7) is 3.96. The van der Waals surface area contributed by atoms with Crippen molar-refractivity contribution in [2.24, 2.45) is 0 Å². The molecule has 2 atom stereocenters. The van der Waals surface area contributed by atoms with Gasteiger partial charge in [0.05, 0.1) is 18.3 Å². The van der Waals surface area contributed by atoms with Crippen molar-refractivity contribution >= 4 is 5.97 Å². The topological polar surface area (TPSA) is 55.8 Å². The Labute approximate surface area is 89.9 Å². The normalized spacial score (nSPS) is 22.3. The quantitative estimate of drug-likeness (QED) is 0.555. The Morgan fingerprint density at radius 2 is 2.40 bits per heavy atom. The van der Waals surface area contributed by atoms with Gasteiger partial charge >= 0.3 is 5.97 Å². The average molecular weight is 214 g/mol. The Morgan fingerprint density at radius 1 is 1.67 bits per heavy atom. The van der Waals surface area contributed by atoms with Crippen LogP contribution in [0.15, 0.2) is 11.6 Å². The molecular formula is C11H18O4. The van der Waals surface area contributed by atoms with Crippen molar-refractivity contribution < 1.29 is 19.4 Å². The SMILES string of the molecule is CCOC(=O)C1=CCCC1OC(O)CC. The van der Waals surface area contributed by atoms with E-state index < -0.39 is 6.29 Å². The Kier molecular flexibility index (Phi) is 4.78. The zero-order valence-corrected chi connectivity index (χ0v) is 9.23. The van der Waals surface area contributed by atoms with Gasteiger partial charge in [-0.25, -0.2) is 4.79 Å². The Hall–Kier alpha value is -0.870. The van der Waals surface area contributed by atoms with Gasteiger partial charge in [0.15, 0.2) is 6.29 Å². The van der Waals surface area contributed by atoms with Gasteiger partial charge < -0.3 is 14.6 Å². The smallest absolute Gasteiger partial charge is 0.336 e. The lowest BCUT2D eigenvalue weighted by molar-refractivity contribution is -0.147. The lowest BCUT2D eigenvalue weighted by Crippen LogP contribution is -2.25. The second-order valence-electron chi connectivity index (χ2n) is 3.44. The minimum absolute atomic E-state index is 0.306. The standard InChI is InChI=1S/C11H18O4/c1-3-10(12)15-9-7-5-6-8(9)11(13)14-4-2/h6,9-10,12H,3-5,7H2,1-2H3. The van der Waals surface area contributed by atoms with Gasteiger partial charge in [-0.2, -0.15) is 0 Å². The van der Waals surface area contributed by atoms with Gasteiger partial charge in [-0.3, -0.25) is 0 Å². The summed E-state index contributed by atoms with van der Waals surface area (Å²) in [5.74, 6) is -0.330. The van der Waals surface area contributed by atoms with Crippen molar-refractivity contribution in [1.82, 2.24) is 0 Å². The molecule has 0 aromatic heterocycles. The first-order chi connectivity index (χ1) is 7.19. The highest BCUT2D eigenvalue weighted by molar-refractivity contribution is 5.90. The number of esters is 1. The molecule has 0 aromatic rings. The van der Waals surface area contributed by atoms with Gasteiger partial charge in [-0.05, 0) is 26.2 Å². The van der Waals surface area contributed by atoms with Crippen molar-refractivity contribution in [2.75, 3.05) is 6.61 Å². The van der Waals surface area contributed by atoms with Crippen LogP contribution in [0.1, 0.15) is 33.1 Å². The van der Waals surface area contributed by atoms with E-state index in [2.05, 4.69) is 0 Å². The molecule has 0 radical (unpaired) electrons. The molecule has 0 aliphatic heterocycles. The number of aliphatic hydroxyl groups excluding tert-OH is 1. The van der Waals surface area contributed by atoms with E-state index in [4.69, 9.17) is 9.47 Å². The van der Waals surface area contributed by atoms with E-state index in [1.807, 2.05) is 13.0 Å². The van der Waals surface area contributed by atoms with Gasteiger partial charge in [-0.1, -0.05) is 13.0 Å². The van der Waals surface area contributed by atoms with E-state index in [0.29, 0.717) is 18.6 Å². The van der Waals surface area contributed by atoms with Gasteiger partial charge in [0, 0.05) is 0 Å². The molecule has 2 unspecified atom stereocenters. The summed E-state index contributed by atoms with van der Waals surface area (Å²) in [5, 5.41) is 9.35. The summed E-state index contributed by atoms with van der Waals surface area (Å²) >= 11 is 0. The number of rotatable bonds is 5. The predicted molar refractivity (Wildman–Crippen MR) is 55.1 cm³/mol. The Morgan fingerprint density at radius 3 is 3.00 bits per heavy atom. The van der Waals surface area contributed by atoms with Crippen LogP contribution >= 0.6 is 0 Å². The number of carbonyl (C=O) groups excluding carboxylic acids is 1. The van der Waals surface area contributed by atoms with Crippen LogP contribution in [-0.4, -0.2) is 30.1 Å². The van der Waals surface area contributed by atoms with Crippen LogP contribution in [0.5, 0.6) is 0 Å². The van der Waals surface area contributed by atoms with E-state index >= 15 is 0 Å². The monoisotopic (exact) mass is 214 g/mol. The summed E-state index contributed by atoms with van der Waals surface area (Å²) in [4.78, 5) is 11.5. The fraction of sp³-hybridized carbons (Fsp3) is 0.727. The minimum Gasteiger partial charge on any atom is -0.463 e. The molecule has 4 heteroatoms. The van der Waals surface area contributed by atoms with E-state index in [-0.39, 0.29) is 12.1 Å². The third-order valence-electron chi connectivity index (χ3n) is 2.32. The number of hydrogen-bond acceptors (Lipinski definition) is 4. The summed E-state index contributed by atoms with van der Waals surface area (Å²) in [5.41, 5.74) is 0.546. The van der Waals surface area contributed by atoms with Crippen molar-refractivity contribution in [3.8, 4) is 0 Å². The molecule has 1 rings (SSSR count). The van der Waals surface area contributed by atoms with E-state index in [1.165, 1.54) is 0 Å². The molecule has 0 amide bonds. The molecular weight excluding hydrogens is 196 g/mol. The van der Waals surface area contributed by atoms with E-state index in [1.54, 1.807) is 6.92 Å². The highest BCUT2D eigenvalue weighted by atomic mass is 16.6. The molecule has 0 heterocycles. The lowest BCUT2D eigenvalue weighted by Gasteiger charge is -2.18. The van der Waals surface area contributed by atoms with Gasteiger partial charge in [0.1, 0.15) is 0 Å². The maximum atomic E-state index is 11.5. The molecule has 86 valence electrons. The van der Waals surface area contributed by atoms with Crippen LogP contribution in [0.4, 0.5) is 0 Å². The molecule has 0 fully saturated rings. The zero-order chi connectivity index (χ0) is 11.3. The van der Waals surface area contributed by atoms with Crippen LogP contribution in [0.2, 0.25) is 0 Å². The van der Waals surface area contributed by atoms with Crippen molar-refractivity contribution in [3.63, 3.8) is 0 Å². The molecule has 1 N–H and O–H groups in total. The highest BCUT2D eigenvalue weighted by Gasteiger charge is 2.28. The third kappa shape index (κ3) is 3.32. The van der Waals surface area contributed by atoms with Crippen LogP contribution in [0, 0.1) is 0 Å². The first kappa shape index (κ1) is 12.2. The molecule has 4 nitrogen and oxygen atoms in total. The largest absolute Gasteiger partial charge is 0.463 e. The molecule has 0 saturated heterocycles. The summed E-state index contributed by atoms with van der Waals surface area (Å²) < 4.78 is 10.2. The zero-order valence-electron chi connectivity index (χ0n) is 9.23. The average Bonchev–Trinajstić information content (AvgIpc) is 2.66. The predicted octanol–water partition coefficient (Wildman–Crippen LogP) is 1.38. The fourth-order valence-electron chi connectivity index (χ4n) is 1.53. The van der Waals surface area contributed by atoms with Crippen LogP contribution in [0.25, 0.3) is 0 Å². The molecule has 0 spiro atoms. The van der Waals surface area contributed by atoms with Gasteiger partial charge in [-0.15, -0.1) is 0 Å². The molecule has 0 saturated carbocycles. The maximum Gasteiger partial charge on any atom is 0.336 e. The molecule has 1 aliphatic rings. The number of hydrogen-bond donors (Lipinski definition) is 1. The van der Waals surface area contributed by atoms with Crippen molar-refractivity contribution in [1.29, 1.82) is 0 Å². The molecule has 1 aliphatic carbocycles. The summed E-state index contributed by atoms with van der Waals surface area (Å²) in [7, 11) is 0. The summed E-state index contributed by atoms with van der Waals surface area (Å²) in [6.07, 6.45) is 2.78. The first-order valence-corrected chi connectivity index (χ1v) is 5.39. The Bertz CT molecular complexity index is 247. The van der Waals surface area contributed by atoms with E-state index in [9.17, 15) is 9.90 Å². The number of allylic oxidation sites excluding steroid dienone is 1. The van der Waals surface area contributed by atoms with Crippen LogP contribution < -0.4 is 0 Å². The van der Waals surface area contributed by atoms with Gasteiger partial charge in [0.25, 0.3) is 0 Å². The highest BCUT2D eigenvalue weighted by Crippen LogP contribution is 2.24. The lowest BCUT2D eigenvalue weighted by atomic mass is 10.2. The fourth-order valence-corrected chi connectivity index (χ4v) is 1.53. The molecule has 0 aromatic carbocycles. The van der Waals surface area contributed by atoms with E-state index in [0.717, 1.165) is 12.8 Å². The first-order valence-electron chi connectivity index (χ1n) is 5.39. The maximum absolute atomic E-state index is 11.5. The van der Waals surface area contributed by atoms with Crippen molar-refractivity contribution in [2.45, 2.75) is 45.5 Å². The molecule has 15 heavy (non-hydrogen) atoms. The second kappa shape index (κ2) is 5.88.